The lowest BCUT2D eigenvalue weighted by atomic mass is 10.0. The van der Waals surface area contributed by atoms with Gasteiger partial charge in [0, 0.05) is 0 Å². The van der Waals surface area contributed by atoms with Gasteiger partial charge >= 0.3 is 5.97 Å². The largest absolute Gasteiger partial charge is 0.481 e. The Kier molecular flexibility index (Phi) is 14.0. The first kappa shape index (κ1) is 20.4. The Hall–Kier alpha value is -0.570. The average Bonchev–Trinajstić information content (AvgIpc) is 2.38. The molecular formula is C18H36O3. The SMILES string of the molecule is CC(C)CCCCCCCCCCCC[C@H](O)CC(=O)O. The molecule has 0 heterocycles. The van der Waals surface area contributed by atoms with E-state index in [1.165, 1.54) is 57.8 Å². The van der Waals surface area contributed by atoms with E-state index in [-0.39, 0.29) is 6.42 Å². The van der Waals surface area contributed by atoms with Gasteiger partial charge in [-0.15, -0.1) is 0 Å². The summed E-state index contributed by atoms with van der Waals surface area (Å²) in [6, 6.07) is 0. The van der Waals surface area contributed by atoms with Crippen LogP contribution in [0.15, 0.2) is 0 Å². The maximum atomic E-state index is 10.4. The van der Waals surface area contributed by atoms with Crippen molar-refractivity contribution in [2.75, 3.05) is 0 Å². The fraction of sp³-hybridized carbons (Fsp3) is 0.944. The predicted molar refractivity (Wildman–Crippen MR) is 88.5 cm³/mol. The molecule has 0 spiro atoms. The molecule has 0 aliphatic rings. The van der Waals surface area contributed by atoms with Gasteiger partial charge in [-0.05, 0) is 12.3 Å². The van der Waals surface area contributed by atoms with Gasteiger partial charge in [-0.25, -0.2) is 0 Å². The van der Waals surface area contributed by atoms with E-state index in [4.69, 9.17) is 5.11 Å². The summed E-state index contributed by atoms with van der Waals surface area (Å²) in [5, 5.41) is 17.9. The van der Waals surface area contributed by atoms with Gasteiger partial charge in [0.25, 0.3) is 0 Å². The van der Waals surface area contributed by atoms with Crippen molar-refractivity contribution in [2.45, 2.75) is 103 Å². The van der Waals surface area contributed by atoms with E-state index in [1.807, 2.05) is 0 Å². The minimum Gasteiger partial charge on any atom is -0.481 e. The summed E-state index contributed by atoms with van der Waals surface area (Å²) in [6.45, 7) is 4.58. The van der Waals surface area contributed by atoms with Crippen molar-refractivity contribution in [1.29, 1.82) is 0 Å². The first-order valence-electron chi connectivity index (χ1n) is 8.92. The quantitative estimate of drug-likeness (QED) is 0.411. The molecule has 2 N–H and O–H groups in total. The van der Waals surface area contributed by atoms with E-state index in [0.29, 0.717) is 6.42 Å². The molecule has 0 aromatic rings. The number of rotatable bonds is 15. The second-order valence-electron chi connectivity index (χ2n) is 6.76. The Bertz CT molecular complexity index is 239. The summed E-state index contributed by atoms with van der Waals surface area (Å²) < 4.78 is 0. The standard InChI is InChI=1S/C18H36O3/c1-16(2)13-11-9-7-5-3-4-6-8-10-12-14-17(19)15-18(20)21/h16-17,19H,3-15H2,1-2H3,(H,20,21)/t17-/m0/s1. The van der Waals surface area contributed by atoms with Crippen LogP contribution in [0.3, 0.4) is 0 Å². The van der Waals surface area contributed by atoms with E-state index in [0.717, 1.165) is 18.8 Å². The molecule has 3 nitrogen and oxygen atoms in total. The number of carboxylic acids is 1. The highest BCUT2D eigenvalue weighted by Gasteiger charge is 2.08. The summed E-state index contributed by atoms with van der Waals surface area (Å²) in [5.41, 5.74) is 0. The topological polar surface area (TPSA) is 57.5 Å². The molecule has 126 valence electrons. The molecule has 21 heavy (non-hydrogen) atoms. The fourth-order valence-corrected chi connectivity index (χ4v) is 2.65. The number of aliphatic hydroxyl groups excluding tert-OH is 1. The van der Waals surface area contributed by atoms with E-state index in [9.17, 15) is 9.90 Å². The number of hydrogen-bond donors (Lipinski definition) is 2. The van der Waals surface area contributed by atoms with Crippen molar-refractivity contribution in [2.24, 2.45) is 5.92 Å². The van der Waals surface area contributed by atoms with Gasteiger partial charge in [0.2, 0.25) is 0 Å². The second-order valence-corrected chi connectivity index (χ2v) is 6.76. The van der Waals surface area contributed by atoms with Crippen molar-refractivity contribution >= 4 is 5.97 Å². The van der Waals surface area contributed by atoms with Crippen molar-refractivity contribution in [3.8, 4) is 0 Å². The third kappa shape index (κ3) is 17.4. The van der Waals surface area contributed by atoms with Crippen LogP contribution in [-0.4, -0.2) is 22.3 Å². The molecule has 0 fully saturated rings. The average molecular weight is 300 g/mol. The highest BCUT2D eigenvalue weighted by Crippen LogP contribution is 2.14. The Morgan fingerprint density at radius 3 is 1.52 bits per heavy atom. The minimum atomic E-state index is -0.907. The van der Waals surface area contributed by atoms with E-state index in [2.05, 4.69) is 13.8 Å². The van der Waals surface area contributed by atoms with Gasteiger partial charge in [-0.3, -0.25) is 4.79 Å². The number of carbonyl (C=O) groups is 1. The molecule has 0 amide bonds. The predicted octanol–water partition coefficient (Wildman–Crippen LogP) is 5.16. The number of aliphatic carboxylic acids is 1. The fourth-order valence-electron chi connectivity index (χ4n) is 2.65. The lowest BCUT2D eigenvalue weighted by Gasteiger charge is -2.07. The summed E-state index contributed by atoms with van der Waals surface area (Å²) >= 11 is 0. The summed E-state index contributed by atoms with van der Waals surface area (Å²) in [6.07, 6.45) is 14.0. The summed E-state index contributed by atoms with van der Waals surface area (Å²) in [5.74, 6) is -0.0603. The highest BCUT2D eigenvalue weighted by atomic mass is 16.4. The molecule has 0 aliphatic heterocycles. The third-order valence-electron chi connectivity index (χ3n) is 3.98. The molecule has 0 unspecified atom stereocenters. The maximum absolute atomic E-state index is 10.4. The molecule has 3 heteroatoms. The number of unbranched alkanes of at least 4 members (excludes halogenated alkanes) is 9. The number of hydrogen-bond acceptors (Lipinski definition) is 2. The highest BCUT2D eigenvalue weighted by molar-refractivity contribution is 5.67. The van der Waals surface area contributed by atoms with Crippen LogP contribution in [0.25, 0.3) is 0 Å². The van der Waals surface area contributed by atoms with Crippen molar-refractivity contribution < 1.29 is 15.0 Å². The molecule has 0 saturated carbocycles. The maximum Gasteiger partial charge on any atom is 0.305 e. The zero-order chi connectivity index (χ0) is 15.9. The monoisotopic (exact) mass is 300 g/mol. The van der Waals surface area contributed by atoms with E-state index < -0.39 is 12.1 Å². The van der Waals surface area contributed by atoms with Crippen molar-refractivity contribution in [3.05, 3.63) is 0 Å². The Morgan fingerprint density at radius 2 is 1.14 bits per heavy atom. The molecule has 0 aromatic carbocycles. The zero-order valence-corrected chi connectivity index (χ0v) is 14.1. The van der Waals surface area contributed by atoms with Gasteiger partial charge in [0.1, 0.15) is 0 Å². The zero-order valence-electron chi connectivity index (χ0n) is 14.1. The number of carboxylic acid groups (broad SMARTS) is 1. The molecule has 0 saturated heterocycles. The van der Waals surface area contributed by atoms with Crippen LogP contribution in [0.4, 0.5) is 0 Å². The molecule has 0 rings (SSSR count). The van der Waals surface area contributed by atoms with Crippen LogP contribution in [0, 0.1) is 5.92 Å². The molecule has 0 aromatic heterocycles. The van der Waals surface area contributed by atoms with Crippen molar-refractivity contribution in [3.63, 3.8) is 0 Å². The third-order valence-corrected chi connectivity index (χ3v) is 3.98. The Labute approximate surface area is 131 Å². The van der Waals surface area contributed by atoms with Gasteiger partial charge in [0.05, 0.1) is 12.5 Å². The Balaban J connectivity index is 3.10. The second kappa shape index (κ2) is 14.4. The first-order chi connectivity index (χ1) is 10.0. The molecule has 0 aliphatic carbocycles. The summed E-state index contributed by atoms with van der Waals surface area (Å²) in [4.78, 5) is 10.4. The smallest absolute Gasteiger partial charge is 0.305 e. The van der Waals surface area contributed by atoms with Crippen LogP contribution in [0.1, 0.15) is 97.3 Å². The molecule has 0 bridgehead atoms. The first-order valence-corrected chi connectivity index (χ1v) is 8.92. The van der Waals surface area contributed by atoms with Crippen LogP contribution in [0.2, 0.25) is 0 Å². The van der Waals surface area contributed by atoms with Crippen LogP contribution in [-0.2, 0) is 4.79 Å². The van der Waals surface area contributed by atoms with Gasteiger partial charge in [-0.1, -0.05) is 84.5 Å². The normalized spacial score (nSPS) is 12.8. The van der Waals surface area contributed by atoms with Crippen LogP contribution in [0.5, 0.6) is 0 Å². The lowest BCUT2D eigenvalue weighted by molar-refractivity contribution is -0.139. The van der Waals surface area contributed by atoms with Crippen molar-refractivity contribution in [1.82, 2.24) is 0 Å². The molecule has 1 atom stereocenters. The van der Waals surface area contributed by atoms with Crippen LogP contribution >= 0.6 is 0 Å². The van der Waals surface area contributed by atoms with Crippen LogP contribution < -0.4 is 0 Å². The van der Waals surface area contributed by atoms with Gasteiger partial charge in [-0.2, -0.15) is 0 Å². The molecular weight excluding hydrogens is 264 g/mol. The van der Waals surface area contributed by atoms with E-state index >= 15 is 0 Å². The van der Waals surface area contributed by atoms with Gasteiger partial charge < -0.3 is 10.2 Å². The van der Waals surface area contributed by atoms with Gasteiger partial charge in [0.15, 0.2) is 0 Å². The summed E-state index contributed by atoms with van der Waals surface area (Å²) in [7, 11) is 0. The Morgan fingerprint density at radius 1 is 0.762 bits per heavy atom. The number of aliphatic hydroxyl groups is 1. The van der Waals surface area contributed by atoms with E-state index in [1.54, 1.807) is 0 Å². The lowest BCUT2D eigenvalue weighted by Crippen LogP contribution is -2.12. The molecule has 0 radical (unpaired) electrons. The minimum absolute atomic E-state index is 0.114.